The Labute approximate surface area is 214 Å². The van der Waals surface area contributed by atoms with E-state index in [2.05, 4.69) is 18.2 Å². The van der Waals surface area contributed by atoms with E-state index in [0.717, 1.165) is 52.5 Å². The monoisotopic (exact) mass is 508 g/mol. The Morgan fingerprint density at radius 1 is 0.912 bits per heavy atom. The summed E-state index contributed by atoms with van der Waals surface area (Å²) in [7, 11) is 0. The first-order chi connectivity index (χ1) is 16.5. The number of rotatable bonds is 5. The van der Waals surface area contributed by atoms with Crippen molar-refractivity contribution in [3.05, 3.63) is 93.3 Å². The van der Waals surface area contributed by atoms with Crippen molar-refractivity contribution in [1.82, 2.24) is 4.90 Å². The predicted molar refractivity (Wildman–Crippen MR) is 144 cm³/mol. The minimum Gasteiger partial charge on any atom is -0.331 e. The molecule has 1 amide bonds. The van der Waals surface area contributed by atoms with Crippen LogP contribution in [0.4, 0.5) is 0 Å². The number of amides is 1. The van der Waals surface area contributed by atoms with E-state index in [4.69, 9.17) is 28.9 Å². The van der Waals surface area contributed by atoms with Crippen LogP contribution < -0.4 is 5.73 Å². The lowest BCUT2D eigenvalue weighted by molar-refractivity contribution is 0.0611. The molecule has 4 aromatic rings. The van der Waals surface area contributed by atoms with Crippen LogP contribution in [0.5, 0.6) is 0 Å². The number of carbonyl (C=O) groups excluding carboxylic acids is 1. The van der Waals surface area contributed by atoms with Gasteiger partial charge in [0.25, 0.3) is 5.91 Å². The van der Waals surface area contributed by atoms with Crippen LogP contribution in [0, 0.1) is 0 Å². The maximum atomic E-state index is 13.9. The van der Waals surface area contributed by atoms with Crippen molar-refractivity contribution in [3.63, 3.8) is 0 Å². The number of benzene rings is 3. The molecule has 0 radical (unpaired) electrons. The molecule has 174 valence electrons. The van der Waals surface area contributed by atoms with Gasteiger partial charge in [-0.05, 0) is 66.6 Å². The zero-order valence-electron chi connectivity index (χ0n) is 18.7. The summed E-state index contributed by atoms with van der Waals surface area (Å²) >= 11 is 14.4. The maximum absolute atomic E-state index is 13.9. The summed E-state index contributed by atoms with van der Waals surface area (Å²) in [5.41, 5.74) is 9.40. The van der Waals surface area contributed by atoms with Crippen LogP contribution in [0.2, 0.25) is 10.0 Å². The molecule has 1 aliphatic rings. The van der Waals surface area contributed by atoms with Crippen molar-refractivity contribution >= 4 is 50.5 Å². The van der Waals surface area contributed by atoms with Crippen molar-refractivity contribution < 1.29 is 4.79 Å². The number of nitrogens with two attached hydrogens (primary N) is 1. The van der Waals surface area contributed by atoms with Crippen molar-refractivity contribution in [3.8, 4) is 11.1 Å². The molecule has 1 aromatic heterocycles. The van der Waals surface area contributed by atoms with Gasteiger partial charge >= 0.3 is 0 Å². The Morgan fingerprint density at radius 3 is 2.35 bits per heavy atom. The molecule has 3 nitrogen and oxygen atoms in total. The van der Waals surface area contributed by atoms with Crippen molar-refractivity contribution in [2.45, 2.75) is 44.3 Å². The molecule has 0 aliphatic heterocycles. The summed E-state index contributed by atoms with van der Waals surface area (Å²) in [5, 5.41) is 2.19. The van der Waals surface area contributed by atoms with E-state index in [1.165, 1.54) is 11.3 Å². The fourth-order valence-electron chi connectivity index (χ4n) is 4.78. The summed E-state index contributed by atoms with van der Waals surface area (Å²) in [6.07, 6.45) is 3.67. The Hall–Kier alpha value is -2.37. The zero-order chi connectivity index (χ0) is 23.7. The standard InChI is InChI=1S/C28H26Cl2N2OS/c29-21-8-4-7-20(16-21)19-6-3-5-18(15-19)17-32(23-13-11-22(31)12-14-23)28(33)27-26(30)24-9-1-2-10-25(24)34-27/h1-10,15-16,22-23H,11-14,17,31H2. The lowest BCUT2D eigenvalue weighted by Crippen LogP contribution is -2.43. The van der Waals surface area contributed by atoms with E-state index in [-0.39, 0.29) is 18.0 Å². The lowest BCUT2D eigenvalue weighted by atomic mass is 9.90. The molecule has 1 fully saturated rings. The number of hydrogen-bond acceptors (Lipinski definition) is 3. The quantitative estimate of drug-likeness (QED) is 0.299. The lowest BCUT2D eigenvalue weighted by Gasteiger charge is -2.36. The van der Waals surface area contributed by atoms with E-state index in [1.807, 2.05) is 59.5 Å². The van der Waals surface area contributed by atoms with E-state index >= 15 is 0 Å². The number of thiophene rings is 1. The third-order valence-corrected chi connectivity index (χ3v) is 8.51. The molecule has 0 spiro atoms. The van der Waals surface area contributed by atoms with Crippen LogP contribution in [-0.4, -0.2) is 22.9 Å². The SMILES string of the molecule is NC1CCC(N(Cc2cccc(-c3cccc(Cl)c3)c2)C(=O)c2sc3ccccc3c2Cl)CC1. The molecule has 0 bridgehead atoms. The molecule has 0 unspecified atom stereocenters. The molecule has 0 saturated heterocycles. The van der Waals surface area contributed by atoms with Gasteiger partial charge < -0.3 is 10.6 Å². The van der Waals surface area contributed by atoms with Gasteiger partial charge in [0, 0.05) is 33.7 Å². The Bertz CT molecular complexity index is 1330. The van der Waals surface area contributed by atoms with Crippen LogP contribution in [0.25, 0.3) is 21.2 Å². The Morgan fingerprint density at radius 2 is 1.62 bits per heavy atom. The van der Waals surface area contributed by atoms with Gasteiger partial charge in [-0.2, -0.15) is 0 Å². The minimum absolute atomic E-state index is 0.000157. The second-order valence-corrected chi connectivity index (χ2v) is 10.8. The Kier molecular flexibility index (Phi) is 6.94. The molecule has 3 aromatic carbocycles. The third-order valence-electron chi connectivity index (χ3n) is 6.61. The number of carbonyl (C=O) groups is 1. The summed E-state index contributed by atoms with van der Waals surface area (Å²) in [4.78, 5) is 16.6. The topological polar surface area (TPSA) is 46.3 Å². The largest absolute Gasteiger partial charge is 0.331 e. The predicted octanol–water partition coefficient (Wildman–Crippen LogP) is 7.79. The number of hydrogen-bond donors (Lipinski definition) is 1. The van der Waals surface area contributed by atoms with Crippen molar-refractivity contribution in [1.29, 1.82) is 0 Å². The summed E-state index contributed by atoms with van der Waals surface area (Å²) in [6.45, 7) is 0.526. The first-order valence-electron chi connectivity index (χ1n) is 11.6. The molecule has 0 atom stereocenters. The molecule has 1 saturated carbocycles. The molecule has 2 N–H and O–H groups in total. The number of nitrogens with zero attached hydrogens (tertiary/aromatic N) is 1. The van der Waals surface area contributed by atoms with Crippen molar-refractivity contribution in [2.75, 3.05) is 0 Å². The van der Waals surface area contributed by atoms with Crippen molar-refractivity contribution in [2.24, 2.45) is 5.73 Å². The molecule has 1 aliphatic carbocycles. The van der Waals surface area contributed by atoms with Gasteiger partial charge in [0.1, 0.15) is 4.88 Å². The van der Waals surface area contributed by atoms with Crippen LogP contribution in [-0.2, 0) is 6.54 Å². The van der Waals surface area contributed by atoms with Crippen LogP contribution >= 0.6 is 34.5 Å². The fraction of sp³-hybridized carbons (Fsp3) is 0.250. The van der Waals surface area contributed by atoms with E-state index in [1.54, 1.807) is 0 Å². The number of fused-ring (bicyclic) bond motifs is 1. The fourth-order valence-corrected chi connectivity index (χ4v) is 6.43. The molecule has 5 rings (SSSR count). The summed E-state index contributed by atoms with van der Waals surface area (Å²) in [6, 6.07) is 24.5. The van der Waals surface area contributed by atoms with Gasteiger partial charge in [0.05, 0.1) is 5.02 Å². The summed E-state index contributed by atoms with van der Waals surface area (Å²) < 4.78 is 1.03. The molecule has 34 heavy (non-hydrogen) atoms. The molecular weight excluding hydrogens is 483 g/mol. The first-order valence-corrected chi connectivity index (χ1v) is 13.2. The second kappa shape index (κ2) is 10.1. The van der Waals surface area contributed by atoms with E-state index in [9.17, 15) is 4.79 Å². The molecule has 6 heteroatoms. The highest BCUT2D eigenvalue weighted by Gasteiger charge is 2.31. The highest BCUT2D eigenvalue weighted by Crippen LogP contribution is 2.37. The molecular formula is C28H26Cl2N2OS. The average Bonchev–Trinajstić information content (AvgIpc) is 3.19. The van der Waals surface area contributed by atoms with E-state index < -0.39 is 0 Å². The van der Waals surface area contributed by atoms with Crippen LogP contribution in [0.3, 0.4) is 0 Å². The minimum atomic E-state index is -0.000157. The van der Waals surface area contributed by atoms with Gasteiger partial charge in [0.15, 0.2) is 0 Å². The average molecular weight is 510 g/mol. The van der Waals surface area contributed by atoms with Gasteiger partial charge in [-0.25, -0.2) is 0 Å². The summed E-state index contributed by atoms with van der Waals surface area (Å²) in [5.74, 6) is -0.000157. The highest BCUT2D eigenvalue weighted by molar-refractivity contribution is 7.21. The van der Waals surface area contributed by atoms with Gasteiger partial charge in [-0.3, -0.25) is 4.79 Å². The normalized spacial score (nSPS) is 18.2. The first kappa shape index (κ1) is 23.4. The van der Waals surface area contributed by atoms with Crippen LogP contribution in [0.1, 0.15) is 40.9 Å². The van der Waals surface area contributed by atoms with Crippen LogP contribution in [0.15, 0.2) is 72.8 Å². The third kappa shape index (κ3) is 4.87. The smallest absolute Gasteiger partial charge is 0.266 e. The van der Waals surface area contributed by atoms with Gasteiger partial charge in [0.2, 0.25) is 0 Å². The van der Waals surface area contributed by atoms with Gasteiger partial charge in [-0.1, -0.05) is 71.7 Å². The second-order valence-electron chi connectivity index (χ2n) is 8.95. The molecule has 1 heterocycles. The highest BCUT2D eigenvalue weighted by atomic mass is 35.5. The van der Waals surface area contributed by atoms with E-state index in [0.29, 0.717) is 21.5 Å². The zero-order valence-corrected chi connectivity index (χ0v) is 21.0. The van der Waals surface area contributed by atoms with Gasteiger partial charge in [-0.15, -0.1) is 11.3 Å². The number of halogens is 2. The maximum Gasteiger partial charge on any atom is 0.266 e. The Balaban J connectivity index is 1.49.